The fraction of sp³-hybridized carbons (Fsp3) is 0.944. The first-order valence-corrected chi connectivity index (χ1v) is 10.2. The van der Waals surface area contributed by atoms with Gasteiger partial charge in [-0.1, -0.05) is 13.8 Å². The zero-order valence-corrected chi connectivity index (χ0v) is 16.7. The summed E-state index contributed by atoms with van der Waals surface area (Å²) in [7, 11) is -1.08. The Labute approximate surface area is 144 Å². The molecule has 0 aromatic heterocycles. The zero-order valence-electron chi connectivity index (χ0n) is 15.8. The van der Waals surface area contributed by atoms with Crippen molar-refractivity contribution in [3.63, 3.8) is 0 Å². The molecule has 0 aromatic carbocycles. The molecule has 5 heteroatoms. The van der Waals surface area contributed by atoms with Crippen molar-refractivity contribution >= 4 is 8.53 Å². The van der Waals surface area contributed by atoms with E-state index >= 15 is 0 Å². The summed E-state index contributed by atoms with van der Waals surface area (Å²) in [6.07, 6.45) is 5.51. The maximum atomic E-state index is 8.76. The first-order valence-electron chi connectivity index (χ1n) is 9.11. The Hall–Kier alpha value is -0.200. The van der Waals surface area contributed by atoms with Gasteiger partial charge in [-0.3, -0.25) is 0 Å². The lowest BCUT2D eigenvalue weighted by atomic mass is 9.81. The summed E-state index contributed by atoms with van der Waals surface area (Å²) in [5.41, 5.74) is 0. The predicted molar refractivity (Wildman–Crippen MR) is 96.9 cm³/mol. The second kappa shape index (κ2) is 10.6. The van der Waals surface area contributed by atoms with Crippen LogP contribution in [0.15, 0.2) is 0 Å². The van der Waals surface area contributed by atoms with E-state index in [1.807, 2.05) is 0 Å². The molecule has 1 aliphatic rings. The van der Waals surface area contributed by atoms with Crippen LogP contribution in [0.4, 0.5) is 0 Å². The number of nitrogens with zero attached hydrogens (tertiary/aromatic N) is 2. The molecule has 0 saturated heterocycles. The van der Waals surface area contributed by atoms with Crippen molar-refractivity contribution in [1.82, 2.24) is 4.67 Å². The minimum Gasteiger partial charge on any atom is -0.321 e. The summed E-state index contributed by atoms with van der Waals surface area (Å²) in [6.45, 7) is 13.8. The summed E-state index contributed by atoms with van der Waals surface area (Å²) < 4.78 is 14.7. The second-order valence-corrected chi connectivity index (χ2v) is 8.84. The SMILES string of the molecule is CC(C)C1CCC(OP(OCCC#N)N(C(C)C)C(C)C)CC1. The second-order valence-electron chi connectivity index (χ2n) is 7.43. The molecular weight excluding hydrogens is 307 g/mol. The fourth-order valence-corrected chi connectivity index (χ4v) is 5.05. The summed E-state index contributed by atoms with van der Waals surface area (Å²) >= 11 is 0. The van der Waals surface area contributed by atoms with Crippen molar-refractivity contribution in [2.45, 2.75) is 91.8 Å². The van der Waals surface area contributed by atoms with Gasteiger partial charge in [0.1, 0.15) is 0 Å². The van der Waals surface area contributed by atoms with E-state index in [-0.39, 0.29) is 0 Å². The van der Waals surface area contributed by atoms with Crippen molar-refractivity contribution in [3.8, 4) is 6.07 Å². The molecule has 0 heterocycles. The molecule has 1 atom stereocenters. The van der Waals surface area contributed by atoms with E-state index < -0.39 is 8.53 Å². The molecule has 0 aliphatic heterocycles. The monoisotopic (exact) mass is 342 g/mol. The van der Waals surface area contributed by atoms with Gasteiger partial charge in [0.2, 0.25) is 0 Å². The van der Waals surface area contributed by atoms with Crippen molar-refractivity contribution < 1.29 is 9.05 Å². The lowest BCUT2D eigenvalue weighted by molar-refractivity contribution is 0.0862. The van der Waals surface area contributed by atoms with Crippen molar-refractivity contribution in [2.75, 3.05) is 6.61 Å². The van der Waals surface area contributed by atoms with E-state index in [0.717, 1.165) is 24.7 Å². The number of rotatable bonds is 9. The topological polar surface area (TPSA) is 45.5 Å². The summed E-state index contributed by atoms with van der Waals surface area (Å²) in [4.78, 5) is 0. The third-order valence-electron chi connectivity index (χ3n) is 4.56. The molecule has 0 amide bonds. The average molecular weight is 342 g/mol. The number of hydrogen-bond acceptors (Lipinski definition) is 4. The van der Waals surface area contributed by atoms with Crippen LogP contribution in [0.3, 0.4) is 0 Å². The smallest absolute Gasteiger partial charge is 0.259 e. The molecule has 0 spiro atoms. The molecule has 0 radical (unpaired) electrons. The number of nitriles is 1. The van der Waals surface area contributed by atoms with Gasteiger partial charge in [0, 0.05) is 12.1 Å². The van der Waals surface area contributed by atoms with E-state index in [4.69, 9.17) is 14.3 Å². The van der Waals surface area contributed by atoms with Gasteiger partial charge in [-0.25, -0.2) is 4.67 Å². The highest BCUT2D eigenvalue weighted by atomic mass is 31.2. The van der Waals surface area contributed by atoms with Gasteiger partial charge in [0.05, 0.1) is 25.2 Å². The maximum Gasteiger partial charge on any atom is 0.259 e. The van der Waals surface area contributed by atoms with Gasteiger partial charge in [-0.15, -0.1) is 0 Å². The highest BCUT2D eigenvalue weighted by Crippen LogP contribution is 2.49. The Balaban J connectivity index is 2.64. The number of hydrogen-bond donors (Lipinski definition) is 0. The van der Waals surface area contributed by atoms with Crippen LogP contribution in [0.2, 0.25) is 0 Å². The van der Waals surface area contributed by atoms with Crippen molar-refractivity contribution in [1.29, 1.82) is 5.26 Å². The van der Waals surface area contributed by atoms with Crippen LogP contribution in [0.1, 0.15) is 73.6 Å². The largest absolute Gasteiger partial charge is 0.321 e. The van der Waals surface area contributed by atoms with Gasteiger partial charge < -0.3 is 9.05 Å². The van der Waals surface area contributed by atoms with Crippen LogP contribution in [0.5, 0.6) is 0 Å². The molecule has 0 N–H and O–H groups in total. The van der Waals surface area contributed by atoms with E-state index in [9.17, 15) is 0 Å². The van der Waals surface area contributed by atoms with Gasteiger partial charge in [-0.05, 0) is 65.2 Å². The Morgan fingerprint density at radius 3 is 2.04 bits per heavy atom. The van der Waals surface area contributed by atoms with Gasteiger partial charge in [-0.2, -0.15) is 5.26 Å². The molecule has 0 aromatic rings. The molecule has 0 bridgehead atoms. The molecule has 4 nitrogen and oxygen atoms in total. The maximum absolute atomic E-state index is 8.76. The van der Waals surface area contributed by atoms with Crippen LogP contribution >= 0.6 is 8.53 Å². The molecular formula is C18H35N2O2P. The first kappa shape index (κ1) is 20.8. The molecule has 1 rings (SSSR count). The lowest BCUT2D eigenvalue weighted by Crippen LogP contribution is -2.35. The van der Waals surface area contributed by atoms with Gasteiger partial charge in [0.15, 0.2) is 0 Å². The molecule has 1 fully saturated rings. The quantitative estimate of drug-likeness (QED) is 0.410. The minimum absolute atomic E-state index is 0.304. The molecule has 1 unspecified atom stereocenters. The van der Waals surface area contributed by atoms with Crippen LogP contribution in [0.25, 0.3) is 0 Å². The van der Waals surface area contributed by atoms with E-state index in [2.05, 4.69) is 52.3 Å². The van der Waals surface area contributed by atoms with E-state index in [0.29, 0.717) is 31.2 Å². The molecule has 23 heavy (non-hydrogen) atoms. The standard InChI is InChI=1S/C18H35N2O2P/c1-14(2)17-8-10-18(11-9-17)22-23(21-13-7-12-19)20(15(3)4)16(5)6/h14-18H,7-11,13H2,1-6H3. The van der Waals surface area contributed by atoms with Crippen LogP contribution in [0, 0.1) is 23.2 Å². The Bertz CT molecular complexity index is 353. The van der Waals surface area contributed by atoms with Crippen molar-refractivity contribution in [2.24, 2.45) is 11.8 Å². The predicted octanol–water partition coefficient (Wildman–Crippen LogP) is 5.49. The molecule has 1 aliphatic carbocycles. The first-order chi connectivity index (χ1) is 10.9. The van der Waals surface area contributed by atoms with Gasteiger partial charge in [0.25, 0.3) is 8.53 Å². The molecule has 1 saturated carbocycles. The van der Waals surface area contributed by atoms with Gasteiger partial charge >= 0.3 is 0 Å². The Morgan fingerprint density at radius 2 is 1.61 bits per heavy atom. The third kappa shape index (κ3) is 7.06. The third-order valence-corrected chi connectivity index (χ3v) is 6.75. The summed E-state index contributed by atoms with van der Waals surface area (Å²) in [6, 6.07) is 2.89. The highest BCUT2D eigenvalue weighted by Gasteiger charge is 2.32. The average Bonchev–Trinajstić information content (AvgIpc) is 2.47. The Kier molecular flexibility index (Phi) is 9.63. The Morgan fingerprint density at radius 1 is 1.04 bits per heavy atom. The minimum atomic E-state index is -1.08. The van der Waals surface area contributed by atoms with Crippen LogP contribution in [-0.4, -0.2) is 29.5 Å². The normalized spacial score (nSPS) is 23.7. The summed E-state index contributed by atoms with van der Waals surface area (Å²) in [5, 5.41) is 8.76. The van der Waals surface area contributed by atoms with Crippen molar-refractivity contribution in [3.05, 3.63) is 0 Å². The lowest BCUT2D eigenvalue weighted by Gasteiger charge is -2.39. The van der Waals surface area contributed by atoms with E-state index in [1.165, 1.54) is 12.8 Å². The molecule has 134 valence electrons. The van der Waals surface area contributed by atoms with Crippen LogP contribution < -0.4 is 0 Å². The zero-order chi connectivity index (χ0) is 17.4. The van der Waals surface area contributed by atoms with E-state index in [1.54, 1.807) is 0 Å². The highest BCUT2D eigenvalue weighted by molar-refractivity contribution is 7.44. The fourth-order valence-electron chi connectivity index (χ4n) is 3.28. The van der Waals surface area contributed by atoms with Crippen LogP contribution in [-0.2, 0) is 9.05 Å². The summed E-state index contributed by atoms with van der Waals surface area (Å²) in [5.74, 6) is 1.61.